The van der Waals surface area contributed by atoms with Crippen LogP contribution in [-0.4, -0.2) is 33.6 Å². The summed E-state index contributed by atoms with van der Waals surface area (Å²) in [6, 6.07) is 4.67. The normalized spacial score (nSPS) is 12.4. The lowest BCUT2D eigenvalue weighted by Gasteiger charge is -2.23. The van der Waals surface area contributed by atoms with Gasteiger partial charge in [0.1, 0.15) is 0 Å². The molecule has 2 N–H and O–H groups in total. The number of halogens is 3. The monoisotopic (exact) mass is 310 g/mol. The summed E-state index contributed by atoms with van der Waals surface area (Å²) in [4.78, 5) is 1.14. The van der Waals surface area contributed by atoms with E-state index in [-0.39, 0.29) is 0 Å². The molecule has 0 unspecified atom stereocenters. The Labute approximate surface area is 116 Å². The molecule has 0 bridgehead atoms. The zero-order valence-electron chi connectivity index (χ0n) is 11.0. The Morgan fingerprint density at radius 2 is 1.70 bits per heavy atom. The maximum absolute atomic E-state index is 12.4. The van der Waals surface area contributed by atoms with Crippen molar-refractivity contribution in [1.29, 1.82) is 0 Å². The highest BCUT2D eigenvalue weighted by Crippen LogP contribution is 2.31. The first-order chi connectivity index (χ1) is 9.24. The van der Waals surface area contributed by atoms with Crippen LogP contribution in [0.2, 0.25) is 0 Å². The van der Waals surface area contributed by atoms with E-state index in [4.69, 9.17) is 5.73 Å². The zero-order valence-corrected chi connectivity index (χ0v) is 11.8. The number of hydrogen-bond donors (Lipinski definition) is 1. The quantitative estimate of drug-likeness (QED) is 0.874. The van der Waals surface area contributed by atoms with Crippen molar-refractivity contribution in [1.82, 2.24) is 0 Å². The van der Waals surface area contributed by atoms with Crippen molar-refractivity contribution in [2.75, 3.05) is 24.5 Å². The Balaban J connectivity index is 3.05. The third-order valence-corrected chi connectivity index (χ3v) is 4.21. The van der Waals surface area contributed by atoms with E-state index in [1.54, 1.807) is 0 Å². The van der Waals surface area contributed by atoms with Gasteiger partial charge in [-0.15, -0.1) is 0 Å². The second kappa shape index (κ2) is 6.45. The molecular weight excluding hydrogens is 293 g/mol. The molecule has 0 fully saturated rings. The van der Waals surface area contributed by atoms with Gasteiger partial charge in [0, 0.05) is 25.3 Å². The first kappa shape index (κ1) is 16.8. The molecule has 0 heterocycles. The molecule has 0 saturated heterocycles. The van der Waals surface area contributed by atoms with Crippen LogP contribution < -0.4 is 10.6 Å². The fourth-order valence-electron chi connectivity index (χ4n) is 1.77. The molecule has 1 aromatic carbocycles. The molecule has 0 saturated carbocycles. The second-order valence-electron chi connectivity index (χ2n) is 4.22. The van der Waals surface area contributed by atoms with Crippen molar-refractivity contribution in [3.05, 3.63) is 24.3 Å². The van der Waals surface area contributed by atoms with Crippen LogP contribution in [0.15, 0.2) is 29.2 Å². The third-order valence-electron chi connectivity index (χ3n) is 2.71. The zero-order chi connectivity index (χ0) is 15.4. The largest absolute Gasteiger partial charge is 0.501 e. The molecule has 114 valence electrons. The lowest BCUT2D eigenvalue weighted by molar-refractivity contribution is -0.0436. The molecule has 0 radical (unpaired) electrons. The highest BCUT2D eigenvalue weighted by atomic mass is 32.2. The van der Waals surface area contributed by atoms with Crippen LogP contribution in [0, 0.1) is 0 Å². The van der Waals surface area contributed by atoms with Gasteiger partial charge in [0.05, 0.1) is 4.90 Å². The van der Waals surface area contributed by atoms with Gasteiger partial charge >= 0.3 is 5.51 Å². The van der Waals surface area contributed by atoms with Crippen molar-refractivity contribution in [2.45, 2.75) is 23.7 Å². The van der Waals surface area contributed by atoms with Crippen molar-refractivity contribution in [3.8, 4) is 0 Å². The van der Waals surface area contributed by atoms with Crippen LogP contribution in [0.25, 0.3) is 0 Å². The predicted molar refractivity (Wildman–Crippen MR) is 71.2 cm³/mol. The van der Waals surface area contributed by atoms with Gasteiger partial charge in [0.2, 0.25) is 0 Å². The molecule has 20 heavy (non-hydrogen) atoms. The summed E-state index contributed by atoms with van der Waals surface area (Å²) in [5.41, 5.74) is 0.835. The average Bonchev–Trinajstić information content (AvgIpc) is 2.37. The molecule has 8 heteroatoms. The Morgan fingerprint density at radius 3 is 2.10 bits per heavy atom. The molecule has 0 atom stereocenters. The molecule has 1 aromatic rings. The summed E-state index contributed by atoms with van der Waals surface area (Å²) in [5, 5.41) is 0. The van der Waals surface area contributed by atoms with Crippen molar-refractivity contribution in [2.24, 2.45) is 5.73 Å². The Morgan fingerprint density at radius 1 is 1.15 bits per heavy atom. The van der Waals surface area contributed by atoms with E-state index in [0.29, 0.717) is 25.3 Å². The van der Waals surface area contributed by atoms with Gasteiger partial charge in [0.15, 0.2) is 0 Å². The predicted octanol–water partition coefficient (Wildman–Crippen LogP) is 2.16. The molecule has 0 aliphatic rings. The maximum atomic E-state index is 12.4. The Kier molecular flexibility index (Phi) is 5.41. The first-order valence-corrected chi connectivity index (χ1v) is 7.58. The Hall–Kier alpha value is -1.28. The molecule has 4 nitrogen and oxygen atoms in total. The second-order valence-corrected chi connectivity index (χ2v) is 6.16. The van der Waals surface area contributed by atoms with Crippen LogP contribution >= 0.6 is 0 Å². The van der Waals surface area contributed by atoms with Crippen LogP contribution in [0.4, 0.5) is 18.9 Å². The van der Waals surface area contributed by atoms with E-state index in [9.17, 15) is 21.6 Å². The summed E-state index contributed by atoms with van der Waals surface area (Å²) >= 11 is 0. The summed E-state index contributed by atoms with van der Waals surface area (Å²) in [7, 11) is -5.29. The van der Waals surface area contributed by atoms with Crippen molar-refractivity contribution >= 4 is 15.5 Å². The molecule has 0 spiro atoms. The lowest BCUT2D eigenvalue weighted by Crippen LogP contribution is -2.30. The van der Waals surface area contributed by atoms with Crippen molar-refractivity contribution in [3.63, 3.8) is 0 Å². The minimum atomic E-state index is -5.29. The van der Waals surface area contributed by atoms with E-state index in [1.165, 1.54) is 12.1 Å². The Bertz CT molecular complexity index is 521. The number of anilines is 1. The molecule has 1 rings (SSSR count). The van der Waals surface area contributed by atoms with Crippen LogP contribution in [0.1, 0.15) is 13.3 Å². The summed E-state index contributed by atoms with van der Waals surface area (Å²) < 4.78 is 59.7. The number of nitrogens with zero attached hydrogens (tertiary/aromatic N) is 1. The smallest absolute Gasteiger partial charge is 0.370 e. The minimum absolute atomic E-state index is 0.405. The van der Waals surface area contributed by atoms with Crippen LogP contribution in [0.3, 0.4) is 0 Å². The molecule has 0 aliphatic carbocycles. The van der Waals surface area contributed by atoms with Gasteiger partial charge < -0.3 is 10.6 Å². The van der Waals surface area contributed by atoms with E-state index in [0.717, 1.165) is 18.6 Å². The number of nitrogens with two attached hydrogens (primary N) is 1. The summed E-state index contributed by atoms with van der Waals surface area (Å²) in [5.74, 6) is 0. The lowest BCUT2D eigenvalue weighted by atomic mass is 10.2. The topological polar surface area (TPSA) is 63.4 Å². The fraction of sp³-hybridized carbons (Fsp3) is 0.500. The molecule has 0 aromatic heterocycles. The third kappa shape index (κ3) is 3.63. The standard InChI is InChI=1S/C12H17F3N2O2S/c1-2-8-17(9-7-16)10-3-5-11(6-4-10)20(18,19)12(13,14)15/h3-6H,2,7-9,16H2,1H3. The van der Waals surface area contributed by atoms with Gasteiger partial charge in [-0.3, -0.25) is 0 Å². The molecular formula is C12H17F3N2O2S. The summed E-state index contributed by atoms with van der Waals surface area (Å²) in [6.07, 6.45) is 0.850. The maximum Gasteiger partial charge on any atom is 0.501 e. The van der Waals surface area contributed by atoms with Gasteiger partial charge in [-0.1, -0.05) is 6.92 Å². The van der Waals surface area contributed by atoms with Crippen LogP contribution in [0.5, 0.6) is 0 Å². The van der Waals surface area contributed by atoms with Crippen LogP contribution in [-0.2, 0) is 9.84 Å². The van der Waals surface area contributed by atoms with E-state index in [2.05, 4.69) is 0 Å². The van der Waals surface area contributed by atoms with E-state index in [1.807, 2.05) is 11.8 Å². The highest BCUT2D eigenvalue weighted by molar-refractivity contribution is 7.92. The van der Waals surface area contributed by atoms with Gasteiger partial charge in [-0.25, -0.2) is 8.42 Å². The number of benzene rings is 1. The number of alkyl halides is 3. The van der Waals surface area contributed by atoms with Gasteiger partial charge in [0.25, 0.3) is 9.84 Å². The van der Waals surface area contributed by atoms with Gasteiger partial charge in [-0.05, 0) is 30.7 Å². The van der Waals surface area contributed by atoms with Gasteiger partial charge in [-0.2, -0.15) is 13.2 Å². The molecule has 0 aliphatic heterocycles. The number of hydrogen-bond acceptors (Lipinski definition) is 4. The first-order valence-electron chi connectivity index (χ1n) is 6.10. The van der Waals surface area contributed by atoms with Crippen molar-refractivity contribution < 1.29 is 21.6 Å². The highest BCUT2D eigenvalue weighted by Gasteiger charge is 2.46. The SMILES string of the molecule is CCCN(CCN)c1ccc(S(=O)(=O)C(F)(F)F)cc1. The number of sulfone groups is 1. The minimum Gasteiger partial charge on any atom is -0.370 e. The average molecular weight is 310 g/mol. The summed E-state index contributed by atoms with van der Waals surface area (Å²) in [6.45, 7) is 3.62. The fourth-order valence-corrected chi connectivity index (χ4v) is 2.53. The molecule has 0 amide bonds. The number of rotatable bonds is 6. The van der Waals surface area contributed by atoms with E-state index < -0.39 is 20.2 Å². The van der Waals surface area contributed by atoms with E-state index >= 15 is 0 Å².